The molecule has 2 aromatic heterocycles. The lowest BCUT2D eigenvalue weighted by Gasteiger charge is -2.20. The van der Waals surface area contributed by atoms with E-state index in [-0.39, 0.29) is 37.1 Å². The highest BCUT2D eigenvalue weighted by molar-refractivity contribution is 5.96. The Morgan fingerprint density at radius 2 is 1.94 bits per heavy atom. The Balaban J connectivity index is 1.47. The number of carbonyl (C=O) groups excluding carboxylic acids is 1. The summed E-state index contributed by atoms with van der Waals surface area (Å²) < 4.78 is 19.8. The first kappa shape index (κ1) is 20.4. The third-order valence-electron chi connectivity index (χ3n) is 6.64. The minimum absolute atomic E-state index is 0.0977. The van der Waals surface area contributed by atoms with Crippen LogP contribution in [-0.2, 0) is 11.3 Å². The molecule has 0 saturated carbocycles. The van der Waals surface area contributed by atoms with Gasteiger partial charge in [-0.25, -0.2) is 14.2 Å². The summed E-state index contributed by atoms with van der Waals surface area (Å²) in [6, 6.07) is 12.8. The summed E-state index contributed by atoms with van der Waals surface area (Å²) in [5, 5.41) is 9.47. The fourth-order valence-corrected chi connectivity index (χ4v) is 4.89. The molecule has 0 bridgehead atoms. The van der Waals surface area contributed by atoms with Crippen molar-refractivity contribution >= 4 is 17.3 Å². The number of halogens is 1. The number of aromatic nitrogens is 3. The van der Waals surface area contributed by atoms with E-state index in [4.69, 9.17) is 6.57 Å². The number of benzene rings is 2. The van der Waals surface area contributed by atoms with E-state index < -0.39 is 5.82 Å². The largest absolute Gasteiger partial charge is 0.396 e. The van der Waals surface area contributed by atoms with E-state index in [2.05, 4.69) is 9.83 Å². The summed E-state index contributed by atoms with van der Waals surface area (Å²) in [5.41, 5.74) is 4.73. The number of aliphatic hydroxyl groups excluding tert-OH is 1. The molecule has 1 N–H and O–H groups in total. The Bertz CT molecular complexity index is 1480. The number of imidazole rings is 1. The van der Waals surface area contributed by atoms with E-state index in [1.807, 2.05) is 45.8 Å². The zero-order valence-corrected chi connectivity index (χ0v) is 18.1. The predicted octanol–water partition coefficient (Wildman–Crippen LogP) is 4.40. The van der Waals surface area contributed by atoms with Crippen LogP contribution in [0.15, 0.2) is 61.1 Å². The van der Waals surface area contributed by atoms with Gasteiger partial charge in [-0.3, -0.25) is 9.36 Å². The van der Waals surface area contributed by atoms with Gasteiger partial charge in [0.25, 0.3) is 0 Å². The van der Waals surface area contributed by atoms with Gasteiger partial charge in [0.15, 0.2) is 17.3 Å². The lowest BCUT2D eigenvalue weighted by molar-refractivity contribution is -0.117. The molecule has 1 fully saturated rings. The van der Waals surface area contributed by atoms with Crippen LogP contribution in [-0.4, -0.2) is 38.3 Å². The van der Waals surface area contributed by atoms with Crippen LogP contribution in [0.4, 0.5) is 15.8 Å². The van der Waals surface area contributed by atoms with Gasteiger partial charge in [0, 0.05) is 55.2 Å². The highest BCUT2D eigenvalue weighted by Crippen LogP contribution is 2.38. The molecule has 0 aliphatic carbocycles. The van der Waals surface area contributed by atoms with Crippen molar-refractivity contribution in [3.05, 3.63) is 83.9 Å². The first-order valence-electron chi connectivity index (χ1n) is 11.0. The predicted molar refractivity (Wildman–Crippen MR) is 125 cm³/mol. The average molecular weight is 453 g/mol. The van der Waals surface area contributed by atoms with Gasteiger partial charge in [-0.05, 0) is 23.8 Å². The van der Waals surface area contributed by atoms with E-state index in [1.54, 1.807) is 24.4 Å². The number of rotatable bonds is 3. The van der Waals surface area contributed by atoms with Crippen molar-refractivity contribution in [3.8, 4) is 28.3 Å². The molecule has 0 unspecified atom stereocenters. The molecule has 8 heteroatoms. The first-order valence-corrected chi connectivity index (χ1v) is 11.0. The lowest BCUT2D eigenvalue weighted by Crippen LogP contribution is -2.26. The van der Waals surface area contributed by atoms with Crippen LogP contribution >= 0.6 is 0 Å². The first-order chi connectivity index (χ1) is 16.6. The maximum absolute atomic E-state index is 16.0. The van der Waals surface area contributed by atoms with Crippen molar-refractivity contribution in [3.63, 3.8) is 0 Å². The van der Waals surface area contributed by atoms with Gasteiger partial charge in [0.2, 0.25) is 5.91 Å². The summed E-state index contributed by atoms with van der Waals surface area (Å²) >= 11 is 0. The second kappa shape index (κ2) is 7.68. The monoisotopic (exact) mass is 453 g/mol. The Labute approximate surface area is 195 Å². The third kappa shape index (κ3) is 3.05. The van der Waals surface area contributed by atoms with Crippen molar-refractivity contribution in [1.82, 2.24) is 14.1 Å². The van der Waals surface area contributed by atoms with Crippen molar-refractivity contribution < 1.29 is 14.3 Å². The van der Waals surface area contributed by atoms with Gasteiger partial charge in [0.1, 0.15) is 0 Å². The number of anilines is 1. The summed E-state index contributed by atoms with van der Waals surface area (Å²) in [6.07, 6.45) is 5.68. The molecule has 4 aromatic rings. The van der Waals surface area contributed by atoms with Gasteiger partial charge in [0.05, 0.1) is 30.2 Å². The van der Waals surface area contributed by atoms with Crippen molar-refractivity contribution in [1.29, 1.82) is 0 Å². The van der Waals surface area contributed by atoms with E-state index in [0.717, 1.165) is 16.8 Å². The van der Waals surface area contributed by atoms with Crippen LogP contribution in [0.25, 0.3) is 33.2 Å². The number of amides is 1. The second-order valence-corrected chi connectivity index (χ2v) is 8.67. The Kier molecular flexibility index (Phi) is 4.61. The molecule has 34 heavy (non-hydrogen) atoms. The summed E-state index contributed by atoms with van der Waals surface area (Å²) in [5.74, 6) is -0.0958. The van der Waals surface area contributed by atoms with Crippen molar-refractivity contribution in [2.24, 2.45) is 5.92 Å². The molecule has 2 aliphatic heterocycles. The molecule has 7 nitrogen and oxygen atoms in total. The highest BCUT2D eigenvalue weighted by atomic mass is 19.1. The molecule has 1 amide bonds. The van der Waals surface area contributed by atoms with Crippen molar-refractivity contribution in [2.75, 3.05) is 18.1 Å². The minimum Gasteiger partial charge on any atom is -0.396 e. The van der Waals surface area contributed by atoms with Crippen LogP contribution in [0.2, 0.25) is 0 Å². The average Bonchev–Trinajstić information content (AvgIpc) is 3.57. The number of fused-ring (bicyclic) bond motifs is 5. The molecule has 1 saturated heterocycles. The summed E-state index contributed by atoms with van der Waals surface area (Å²) in [7, 11) is 0. The SMILES string of the molecule is [C-]#[N+]c1ccc(-c2cc3n(c2)Cc2c(ccc(N4C[C@@H](CO)CC4=O)c2F)-n2ccnc2-3)cc1. The molecular weight excluding hydrogens is 433 g/mol. The fourth-order valence-electron chi connectivity index (χ4n) is 4.89. The third-order valence-corrected chi connectivity index (χ3v) is 6.64. The van der Waals surface area contributed by atoms with E-state index >= 15 is 4.39 Å². The topological polar surface area (TPSA) is 67.7 Å². The van der Waals surface area contributed by atoms with Crippen LogP contribution in [0.5, 0.6) is 0 Å². The number of hydrogen-bond acceptors (Lipinski definition) is 3. The molecule has 1 atom stereocenters. The zero-order chi connectivity index (χ0) is 23.4. The molecule has 4 heterocycles. The molecule has 2 aromatic carbocycles. The highest BCUT2D eigenvalue weighted by Gasteiger charge is 2.33. The molecule has 168 valence electrons. The molecule has 0 radical (unpaired) electrons. The van der Waals surface area contributed by atoms with Crippen LogP contribution < -0.4 is 4.90 Å². The Hall–Kier alpha value is -4.22. The smallest absolute Gasteiger partial charge is 0.227 e. The Morgan fingerprint density at radius 1 is 1.15 bits per heavy atom. The Morgan fingerprint density at radius 3 is 2.68 bits per heavy atom. The molecule has 2 aliphatic rings. The number of carbonyl (C=O) groups is 1. The van der Waals surface area contributed by atoms with Crippen LogP contribution in [0.3, 0.4) is 0 Å². The summed E-state index contributed by atoms with van der Waals surface area (Å²) in [4.78, 5) is 21.9. The van der Waals surface area contributed by atoms with Crippen LogP contribution in [0.1, 0.15) is 12.0 Å². The van der Waals surface area contributed by atoms with Crippen LogP contribution in [0, 0.1) is 18.3 Å². The quantitative estimate of drug-likeness (QED) is 0.412. The van der Waals surface area contributed by atoms with Gasteiger partial charge in [-0.15, -0.1) is 0 Å². The van der Waals surface area contributed by atoms with E-state index in [1.165, 1.54) is 4.90 Å². The number of aliphatic hydroxyl groups is 1. The van der Waals surface area contributed by atoms with Gasteiger partial charge in [-0.2, -0.15) is 0 Å². The van der Waals surface area contributed by atoms with E-state index in [9.17, 15) is 9.90 Å². The zero-order valence-electron chi connectivity index (χ0n) is 18.1. The minimum atomic E-state index is -0.436. The summed E-state index contributed by atoms with van der Waals surface area (Å²) in [6.45, 7) is 7.64. The molecule has 6 rings (SSSR count). The van der Waals surface area contributed by atoms with Crippen molar-refractivity contribution in [2.45, 2.75) is 13.0 Å². The number of hydrogen-bond donors (Lipinski definition) is 1. The second-order valence-electron chi connectivity index (χ2n) is 8.67. The maximum Gasteiger partial charge on any atom is 0.227 e. The van der Waals surface area contributed by atoms with Gasteiger partial charge < -0.3 is 14.6 Å². The molecular formula is C26H20FN5O2. The maximum atomic E-state index is 16.0. The van der Waals surface area contributed by atoms with E-state index in [0.29, 0.717) is 29.3 Å². The molecule has 0 spiro atoms. The van der Waals surface area contributed by atoms with Gasteiger partial charge in [-0.1, -0.05) is 24.3 Å². The lowest BCUT2D eigenvalue weighted by atomic mass is 10.1. The standard InChI is InChI=1S/C26H20FN5O2/c1-28-19-4-2-17(3-5-19)18-11-23-26-29-8-9-31(26)21-6-7-22(25(27)20(21)14-30(23)13-18)32-12-16(15-33)10-24(32)34/h2-9,11,13,16,33H,10,12,14-15H2/t16-/m0/s1. The van der Waals surface area contributed by atoms with Gasteiger partial charge >= 0.3 is 0 Å². The fraction of sp³-hybridized carbons (Fsp3) is 0.192. The normalized spacial score (nSPS) is 16.6. The number of nitrogens with zero attached hydrogens (tertiary/aromatic N) is 5.